The molecule has 1 aromatic carbocycles. The predicted octanol–water partition coefficient (Wildman–Crippen LogP) is 3.00. The number of amides is 2. The second-order valence-electron chi connectivity index (χ2n) is 6.66. The van der Waals surface area contributed by atoms with Crippen molar-refractivity contribution in [2.75, 3.05) is 26.3 Å². The van der Waals surface area contributed by atoms with E-state index in [0.29, 0.717) is 24.6 Å². The average molecular weight is 386 g/mol. The van der Waals surface area contributed by atoms with Gasteiger partial charge in [0.1, 0.15) is 0 Å². The van der Waals surface area contributed by atoms with E-state index in [0.717, 1.165) is 36.3 Å². The largest absolute Gasteiger partial charge is 0.490 e. The van der Waals surface area contributed by atoms with Crippen LogP contribution >= 0.6 is 11.3 Å². The summed E-state index contributed by atoms with van der Waals surface area (Å²) in [6, 6.07) is 9.50. The first-order valence-corrected chi connectivity index (χ1v) is 10.1. The fourth-order valence-corrected chi connectivity index (χ4v) is 4.19. The number of benzene rings is 1. The lowest BCUT2D eigenvalue weighted by molar-refractivity contribution is -0.131. The molecule has 0 aliphatic carbocycles. The molecule has 2 aliphatic heterocycles. The van der Waals surface area contributed by atoms with Crippen LogP contribution in [0.15, 0.2) is 35.7 Å². The first-order valence-electron chi connectivity index (χ1n) is 9.23. The molecule has 4 rings (SSSR count). The Morgan fingerprint density at radius 3 is 2.81 bits per heavy atom. The van der Waals surface area contributed by atoms with E-state index in [1.54, 1.807) is 6.07 Å². The standard InChI is InChI=1S/C20H22N2O4S/c23-19(13-21-20(24)18-5-2-11-27-18)22-8-1-4-15(22)14-6-7-16-17(12-14)26-10-3-9-25-16/h2,5-7,11-12,15H,1,3-4,8-10,13H2,(H,21,24). The summed E-state index contributed by atoms with van der Waals surface area (Å²) >= 11 is 1.36. The predicted molar refractivity (Wildman–Crippen MR) is 102 cm³/mol. The van der Waals surface area contributed by atoms with Crippen molar-refractivity contribution in [3.8, 4) is 11.5 Å². The molecule has 2 aliphatic rings. The third-order valence-corrected chi connectivity index (χ3v) is 5.74. The number of fused-ring (bicyclic) bond motifs is 1. The third-order valence-electron chi connectivity index (χ3n) is 4.87. The van der Waals surface area contributed by atoms with Crippen molar-refractivity contribution in [3.63, 3.8) is 0 Å². The summed E-state index contributed by atoms with van der Waals surface area (Å²) in [6.45, 7) is 2.01. The molecule has 0 spiro atoms. The number of ether oxygens (including phenoxy) is 2. The Bertz CT molecular complexity index is 821. The number of thiophene rings is 1. The van der Waals surface area contributed by atoms with Crippen LogP contribution in [0.2, 0.25) is 0 Å². The van der Waals surface area contributed by atoms with Gasteiger partial charge in [0.25, 0.3) is 5.91 Å². The van der Waals surface area contributed by atoms with Gasteiger partial charge >= 0.3 is 0 Å². The minimum Gasteiger partial charge on any atom is -0.490 e. The van der Waals surface area contributed by atoms with Gasteiger partial charge in [-0.1, -0.05) is 12.1 Å². The van der Waals surface area contributed by atoms with Gasteiger partial charge in [-0.05, 0) is 42.0 Å². The van der Waals surface area contributed by atoms with Gasteiger partial charge < -0.3 is 19.7 Å². The van der Waals surface area contributed by atoms with Crippen molar-refractivity contribution in [1.29, 1.82) is 0 Å². The van der Waals surface area contributed by atoms with Crippen molar-refractivity contribution >= 4 is 23.2 Å². The van der Waals surface area contributed by atoms with Crippen LogP contribution < -0.4 is 14.8 Å². The summed E-state index contributed by atoms with van der Waals surface area (Å²) in [7, 11) is 0. The first kappa shape index (κ1) is 17.9. The minimum absolute atomic E-state index is 0.00768. The van der Waals surface area contributed by atoms with Crippen molar-refractivity contribution in [2.24, 2.45) is 0 Å². The molecule has 2 amide bonds. The van der Waals surface area contributed by atoms with E-state index in [9.17, 15) is 9.59 Å². The number of rotatable bonds is 4. The van der Waals surface area contributed by atoms with Crippen LogP contribution in [-0.4, -0.2) is 43.0 Å². The van der Waals surface area contributed by atoms with Crippen molar-refractivity contribution in [2.45, 2.75) is 25.3 Å². The summed E-state index contributed by atoms with van der Waals surface area (Å²) in [6.07, 6.45) is 2.72. The van der Waals surface area contributed by atoms with Gasteiger partial charge in [-0.25, -0.2) is 0 Å². The summed E-state index contributed by atoms with van der Waals surface area (Å²) in [5, 5.41) is 4.57. The summed E-state index contributed by atoms with van der Waals surface area (Å²) in [5.74, 6) is 1.24. The van der Waals surface area contributed by atoms with Gasteiger partial charge in [0.15, 0.2) is 11.5 Å². The van der Waals surface area contributed by atoms with Gasteiger partial charge in [-0.15, -0.1) is 11.3 Å². The lowest BCUT2D eigenvalue weighted by Crippen LogP contribution is -2.39. The molecule has 6 nitrogen and oxygen atoms in total. The molecular weight excluding hydrogens is 364 g/mol. The molecule has 27 heavy (non-hydrogen) atoms. The molecule has 0 saturated carbocycles. The molecular formula is C20H22N2O4S. The molecule has 1 saturated heterocycles. The number of likely N-dealkylation sites (tertiary alicyclic amines) is 1. The van der Waals surface area contributed by atoms with Crippen LogP contribution in [0.25, 0.3) is 0 Å². The van der Waals surface area contributed by atoms with Crippen LogP contribution in [0.1, 0.15) is 40.5 Å². The van der Waals surface area contributed by atoms with Gasteiger partial charge in [0.05, 0.1) is 30.7 Å². The highest BCUT2D eigenvalue weighted by atomic mass is 32.1. The van der Waals surface area contributed by atoms with Crippen LogP contribution in [-0.2, 0) is 4.79 Å². The van der Waals surface area contributed by atoms with Crippen molar-refractivity contribution in [3.05, 3.63) is 46.2 Å². The highest BCUT2D eigenvalue weighted by Gasteiger charge is 2.30. The first-order chi connectivity index (χ1) is 13.2. The quantitative estimate of drug-likeness (QED) is 0.877. The van der Waals surface area contributed by atoms with E-state index < -0.39 is 0 Å². The zero-order valence-electron chi connectivity index (χ0n) is 15.0. The van der Waals surface area contributed by atoms with Crippen molar-refractivity contribution < 1.29 is 19.1 Å². The number of hydrogen-bond acceptors (Lipinski definition) is 5. The molecule has 0 radical (unpaired) electrons. The Kier molecular flexibility index (Phi) is 5.29. The Labute approximate surface area is 162 Å². The van der Waals surface area contributed by atoms with Gasteiger partial charge in [0, 0.05) is 13.0 Å². The molecule has 1 unspecified atom stereocenters. The van der Waals surface area contributed by atoms with E-state index >= 15 is 0 Å². The second kappa shape index (κ2) is 8.00. The van der Waals surface area contributed by atoms with Gasteiger partial charge in [0.2, 0.25) is 5.91 Å². The SMILES string of the molecule is O=C(NCC(=O)N1CCCC1c1ccc2c(c1)OCCCO2)c1cccs1. The third kappa shape index (κ3) is 3.93. The normalized spacial score (nSPS) is 18.8. The molecule has 1 atom stereocenters. The van der Waals surface area contributed by atoms with E-state index in [1.807, 2.05) is 34.5 Å². The van der Waals surface area contributed by atoms with Crippen LogP contribution in [0, 0.1) is 0 Å². The Morgan fingerprint density at radius 1 is 1.15 bits per heavy atom. The number of carbonyl (C=O) groups excluding carboxylic acids is 2. The maximum atomic E-state index is 12.7. The fraction of sp³-hybridized carbons (Fsp3) is 0.400. The molecule has 1 fully saturated rings. The van der Waals surface area contributed by atoms with Crippen LogP contribution in [0.3, 0.4) is 0 Å². The zero-order valence-corrected chi connectivity index (χ0v) is 15.8. The lowest BCUT2D eigenvalue weighted by Gasteiger charge is -2.26. The van der Waals surface area contributed by atoms with E-state index in [4.69, 9.17) is 9.47 Å². The van der Waals surface area contributed by atoms with Crippen LogP contribution in [0.4, 0.5) is 0 Å². The number of carbonyl (C=O) groups is 2. The molecule has 2 aromatic rings. The Morgan fingerprint density at radius 2 is 2.00 bits per heavy atom. The molecule has 1 aromatic heterocycles. The minimum atomic E-state index is -0.204. The molecule has 7 heteroatoms. The second-order valence-corrected chi connectivity index (χ2v) is 7.61. The van der Waals surface area contributed by atoms with E-state index in [1.165, 1.54) is 11.3 Å². The highest BCUT2D eigenvalue weighted by Crippen LogP contribution is 2.37. The highest BCUT2D eigenvalue weighted by molar-refractivity contribution is 7.12. The monoisotopic (exact) mass is 386 g/mol. The van der Waals surface area contributed by atoms with E-state index in [2.05, 4.69) is 5.32 Å². The smallest absolute Gasteiger partial charge is 0.261 e. The molecule has 3 heterocycles. The number of hydrogen-bond donors (Lipinski definition) is 1. The van der Waals surface area contributed by atoms with Gasteiger partial charge in [-0.2, -0.15) is 0 Å². The maximum Gasteiger partial charge on any atom is 0.261 e. The molecule has 1 N–H and O–H groups in total. The Hall–Kier alpha value is -2.54. The zero-order chi connectivity index (χ0) is 18.6. The topological polar surface area (TPSA) is 67.9 Å². The lowest BCUT2D eigenvalue weighted by atomic mass is 10.0. The van der Waals surface area contributed by atoms with Crippen molar-refractivity contribution in [1.82, 2.24) is 10.2 Å². The Balaban J connectivity index is 1.43. The van der Waals surface area contributed by atoms with E-state index in [-0.39, 0.29) is 24.4 Å². The van der Waals surface area contributed by atoms with Crippen LogP contribution in [0.5, 0.6) is 11.5 Å². The molecule has 142 valence electrons. The summed E-state index contributed by atoms with van der Waals surface area (Å²) in [5.41, 5.74) is 1.05. The van der Waals surface area contributed by atoms with Gasteiger partial charge in [-0.3, -0.25) is 9.59 Å². The molecule has 0 bridgehead atoms. The maximum absolute atomic E-state index is 12.7. The number of nitrogens with zero attached hydrogens (tertiary/aromatic N) is 1. The average Bonchev–Trinajstić information content (AvgIpc) is 3.34. The summed E-state index contributed by atoms with van der Waals surface area (Å²) in [4.78, 5) is 27.2. The number of nitrogens with one attached hydrogen (secondary N) is 1. The summed E-state index contributed by atoms with van der Waals surface area (Å²) < 4.78 is 11.5. The fourth-order valence-electron chi connectivity index (χ4n) is 3.55.